The van der Waals surface area contributed by atoms with Gasteiger partial charge in [-0.1, -0.05) is 30.7 Å². The number of carbonyl (C=O) groups is 1. The van der Waals surface area contributed by atoms with Crippen molar-refractivity contribution in [1.82, 2.24) is 0 Å². The molecule has 0 saturated heterocycles. The fraction of sp³-hybridized carbons (Fsp3) is 0.500. The highest BCUT2D eigenvalue weighted by molar-refractivity contribution is 5.69. The van der Waals surface area contributed by atoms with Crippen LogP contribution in [0.5, 0.6) is 0 Å². The standard InChI is InChI=1S/C14H20O2/c1-10-5-6-11(2)13(9-10)12(3)7-8-14(15)16-4/h5-6,9,12H,7-8H2,1-4H3. The van der Waals surface area contributed by atoms with Crippen LogP contribution in [0, 0.1) is 13.8 Å². The molecule has 0 spiro atoms. The monoisotopic (exact) mass is 220 g/mol. The summed E-state index contributed by atoms with van der Waals surface area (Å²) in [5.74, 6) is 0.274. The maximum absolute atomic E-state index is 11.1. The summed E-state index contributed by atoms with van der Waals surface area (Å²) in [5.41, 5.74) is 3.90. The molecule has 0 N–H and O–H groups in total. The quantitative estimate of drug-likeness (QED) is 0.727. The Kier molecular flexibility index (Phi) is 4.53. The predicted octanol–water partition coefficient (Wildman–Crippen LogP) is 3.36. The lowest BCUT2D eigenvalue weighted by molar-refractivity contribution is -0.140. The lowest BCUT2D eigenvalue weighted by atomic mass is 9.91. The molecule has 0 aromatic heterocycles. The number of carbonyl (C=O) groups excluding carboxylic acids is 1. The lowest BCUT2D eigenvalue weighted by Gasteiger charge is -2.14. The highest BCUT2D eigenvalue weighted by atomic mass is 16.5. The van der Waals surface area contributed by atoms with E-state index >= 15 is 0 Å². The number of ether oxygens (including phenoxy) is 1. The van der Waals surface area contributed by atoms with Crippen molar-refractivity contribution in [2.75, 3.05) is 7.11 Å². The Bertz CT molecular complexity index is 369. The Morgan fingerprint density at radius 1 is 1.38 bits per heavy atom. The van der Waals surface area contributed by atoms with Gasteiger partial charge in [-0.3, -0.25) is 4.79 Å². The molecule has 0 saturated carbocycles. The molecule has 0 aliphatic carbocycles. The predicted molar refractivity (Wildman–Crippen MR) is 65.6 cm³/mol. The molecule has 88 valence electrons. The molecule has 1 unspecified atom stereocenters. The molecular formula is C14H20O2. The zero-order valence-electron chi connectivity index (χ0n) is 10.5. The summed E-state index contributed by atoms with van der Waals surface area (Å²) in [6.45, 7) is 6.37. The van der Waals surface area contributed by atoms with Crippen molar-refractivity contribution in [3.63, 3.8) is 0 Å². The van der Waals surface area contributed by atoms with Crippen LogP contribution < -0.4 is 0 Å². The Morgan fingerprint density at radius 2 is 2.06 bits per heavy atom. The minimum Gasteiger partial charge on any atom is -0.469 e. The number of rotatable bonds is 4. The van der Waals surface area contributed by atoms with Gasteiger partial charge in [-0.15, -0.1) is 0 Å². The van der Waals surface area contributed by atoms with Crippen LogP contribution in [0.1, 0.15) is 42.4 Å². The second-order valence-electron chi connectivity index (χ2n) is 4.38. The van der Waals surface area contributed by atoms with E-state index in [1.165, 1.54) is 23.8 Å². The number of methoxy groups -OCH3 is 1. The molecule has 1 aromatic carbocycles. The Balaban J connectivity index is 2.68. The van der Waals surface area contributed by atoms with Crippen molar-refractivity contribution in [3.05, 3.63) is 34.9 Å². The molecule has 0 radical (unpaired) electrons. The first kappa shape index (κ1) is 12.8. The minimum atomic E-state index is -0.128. The van der Waals surface area contributed by atoms with E-state index in [9.17, 15) is 4.79 Å². The van der Waals surface area contributed by atoms with E-state index in [-0.39, 0.29) is 5.97 Å². The van der Waals surface area contributed by atoms with Crippen LogP contribution in [0.15, 0.2) is 18.2 Å². The van der Waals surface area contributed by atoms with Crippen molar-refractivity contribution in [2.24, 2.45) is 0 Å². The first-order valence-corrected chi connectivity index (χ1v) is 5.68. The van der Waals surface area contributed by atoms with Crippen molar-refractivity contribution >= 4 is 5.97 Å². The van der Waals surface area contributed by atoms with Crippen LogP contribution in [0.4, 0.5) is 0 Å². The Hall–Kier alpha value is -1.31. The van der Waals surface area contributed by atoms with Crippen LogP contribution in [0.2, 0.25) is 0 Å². The molecule has 1 aromatic rings. The number of hydrogen-bond donors (Lipinski definition) is 0. The number of benzene rings is 1. The topological polar surface area (TPSA) is 26.3 Å². The third kappa shape index (κ3) is 3.37. The van der Waals surface area contributed by atoms with Gasteiger partial charge in [0.15, 0.2) is 0 Å². The fourth-order valence-electron chi connectivity index (χ4n) is 1.88. The van der Waals surface area contributed by atoms with E-state index in [1.54, 1.807) is 0 Å². The summed E-state index contributed by atoms with van der Waals surface area (Å²) in [7, 11) is 1.44. The minimum absolute atomic E-state index is 0.128. The van der Waals surface area contributed by atoms with E-state index in [1.807, 2.05) is 0 Å². The van der Waals surface area contributed by atoms with Crippen molar-refractivity contribution in [3.8, 4) is 0 Å². The van der Waals surface area contributed by atoms with Gasteiger partial charge < -0.3 is 4.74 Å². The first-order valence-electron chi connectivity index (χ1n) is 5.68. The summed E-state index contributed by atoms with van der Waals surface area (Å²) in [5, 5.41) is 0. The smallest absolute Gasteiger partial charge is 0.305 e. The molecule has 2 nitrogen and oxygen atoms in total. The van der Waals surface area contributed by atoms with Gasteiger partial charge in [-0.2, -0.15) is 0 Å². The summed E-state index contributed by atoms with van der Waals surface area (Å²) in [6.07, 6.45) is 1.34. The van der Waals surface area contributed by atoms with Crippen LogP contribution in [0.25, 0.3) is 0 Å². The van der Waals surface area contributed by atoms with E-state index < -0.39 is 0 Å². The summed E-state index contributed by atoms with van der Waals surface area (Å²) < 4.78 is 4.65. The van der Waals surface area contributed by atoms with Gasteiger partial charge in [-0.05, 0) is 37.3 Å². The summed E-state index contributed by atoms with van der Waals surface area (Å²) in [4.78, 5) is 11.1. The van der Waals surface area contributed by atoms with Gasteiger partial charge in [0.25, 0.3) is 0 Å². The molecule has 0 heterocycles. The molecule has 0 amide bonds. The van der Waals surface area contributed by atoms with Gasteiger partial charge in [0, 0.05) is 6.42 Å². The van der Waals surface area contributed by atoms with Gasteiger partial charge in [0.1, 0.15) is 0 Å². The third-order valence-electron chi connectivity index (χ3n) is 2.97. The maximum Gasteiger partial charge on any atom is 0.305 e. The van der Waals surface area contributed by atoms with E-state index in [0.717, 1.165) is 6.42 Å². The van der Waals surface area contributed by atoms with E-state index in [0.29, 0.717) is 12.3 Å². The van der Waals surface area contributed by atoms with Gasteiger partial charge in [0.2, 0.25) is 0 Å². The van der Waals surface area contributed by atoms with E-state index in [2.05, 4.69) is 43.7 Å². The number of esters is 1. The molecule has 0 aliphatic heterocycles. The molecule has 16 heavy (non-hydrogen) atoms. The summed E-state index contributed by atoms with van der Waals surface area (Å²) in [6, 6.07) is 6.46. The molecule has 1 rings (SSSR count). The third-order valence-corrected chi connectivity index (χ3v) is 2.97. The normalized spacial score (nSPS) is 12.2. The highest BCUT2D eigenvalue weighted by Crippen LogP contribution is 2.24. The number of hydrogen-bond acceptors (Lipinski definition) is 2. The Labute approximate surface area is 97.6 Å². The van der Waals surface area contributed by atoms with Crippen LogP contribution in [-0.4, -0.2) is 13.1 Å². The first-order chi connectivity index (χ1) is 7.54. The van der Waals surface area contributed by atoms with Gasteiger partial charge >= 0.3 is 5.97 Å². The maximum atomic E-state index is 11.1. The second-order valence-corrected chi connectivity index (χ2v) is 4.38. The van der Waals surface area contributed by atoms with Crippen LogP contribution in [-0.2, 0) is 9.53 Å². The van der Waals surface area contributed by atoms with E-state index in [4.69, 9.17) is 0 Å². The zero-order chi connectivity index (χ0) is 12.1. The summed E-state index contributed by atoms with van der Waals surface area (Å²) >= 11 is 0. The molecule has 0 aliphatic rings. The average Bonchev–Trinajstić information content (AvgIpc) is 2.28. The van der Waals surface area contributed by atoms with Gasteiger partial charge in [0.05, 0.1) is 7.11 Å². The Morgan fingerprint density at radius 3 is 2.69 bits per heavy atom. The molecule has 0 fully saturated rings. The lowest BCUT2D eigenvalue weighted by Crippen LogP contribution is -2.04. The largest absolute Gasteiger partial charge is 0.469 e. The fourth-order valence-corrected chi connectivity index (χ4v) is 1.88. The average molecular weight is 220 g/mol. The van der Waals surface area contributed by atoms with Crippen molar-refractivity contribution in [2.45, 2.75) is 39.5 Å². The van der Waals surface area contributed by atoms with Crippen LogP contribution >= 0.6 is 0 Å². The molecule has 2 heteroatoms. The molecule has 0 bridgehead atoms. The molecule has 1 atom stereocenters. The van der Waals surface area contributed by atoms with Crippen molar-refractivity contribution in [1.29, 1.82) is 0 Å². The number of aryl methyl sites for hydroxylation is 2. The molecular weight excluding hydrogens is 200 g/mol. The zero-order valence-corrected chi connectivity index (χ0v) is 10.5. The SMILES string of the molecule is COC(=O)CCC(C)c1cc(C)ccc1C. The van der Waals surface area contributed by atoms with Crippen LogP contribution in [0.3, 0.4) is 0 Å². The van der Waals surface area contributed by atoms with Gasteiger partial charge in [-0.25, -0.2) is 0 Å². The van der Waals surface area contributed by atoms with Crippen molar-refractivity contribution < 1.29 is 9.53 Å². The second kappa shape index (κ2) is 5.69. The highest BCUT2D eigenvalue weighted by Gasteiger charge is 2.11.